The molecule has 0 saturated carbocycles. The Morgan fingerprint density at radius 2 is 2.30 bits per heavy atom. The molecule has 1 aromatic carbocycles. The fourth-order valence-electron chi connectivity index (χ4n) is 2.14. The van der Waals surface area contributed by atoms with Crippen LogP contribution in [0.4, 0.5) is 9.80 Å². The molecule has 2 amide bonds. The average Bonchev–Trinajstić information content (AvgIpc) is 2.89. The summed E-state index contributed by atoms with van der Waals surface area (Å²) >= 11 is 1.27. The van der Waals surface area contributed by atoms with Crippen LogP contribution < -0.4 is 10.1 Å². The van der Waals surface area contributed by atoms with E-state index in [0.29, 0.717) is 13.2 Å². The van der Waals surface area contributed by atoms with Gasteiger partial charge in [0.2, 0.25) is 0 Å². The number of nitrogens with zero attached hydrogens (tertiary/aromatic N) is 2. The van der Waals surface area contributed by atoms with Crippen LogP contribution in [0.25, 0.3) is 0 Å². The smallest absolute Gasteiger partial charge is 0.323 e. The van der Waals surface area contributed by atoms with E-state index in [1.54, 1.807) is 17.2 Å². The van der Waals surface area contributed by atoms with Crippen molar-refractivity contribution in [3.05, 3.63) is 42.1 Å². The summed E-state index contributed by atoms with van der Waals surface area (Å²) in [6.45, 7) is 3.02. The second-order valence-electron chi connectivity index (χ2n) is 4.70. The monoisotopic (exact) mass is 289 g/mol. The normalized spacial score (nSPS) is 17.9. The minimum Gasteiger partial charge on any atom is -0.491 e. The third kappa shape index (κ3) is 2.60. The maximum atomic E-state index is 12.4. The summed E-state index contributed by atoms with van der Waals surface area (Å²) in [4.78, 5) is 14.2. The number of nitrogens with one attached hydrogen (secondary N) is 1. The molecule has 1 atom stereocenters. The van der Waals surface area contributed by atoms with E-state index in [1.807, 2.05) is 31.2 Å². The van der Waals surface area contributed by atoms with Crippen LogP contribution in [0, 0.1) is 0 Å². The van der Waals surface area contributed by atoms with Crippen LogP contribution in [0.15, 0.2) is 36.5 Å². The summed E-state index contributed by atoms with van der Waals surface area (Å²) in [5, 5.41) is 3.62. The van der Waals surface area contributed by atoms with Crippen molar-refractivity contribution in [3.8, 4) is 5.75 Å². The van der Waals surface area contributed by atoms with Crippen molar-refractivity contribution in [3.63, 3.8) is 0 Å². The van der Waals surface area contributed by atoms with Crippen LogP contribution >= 0.6 is 11.5 Å². The predicted molar refractivity (Wildman–Crippen MR) is 78.1 cm³/mol. The van der Waals surface area contributed by atoms with Crippen LogP contribution in [0.2, 0.25) is 0 Å². The standard InChI is InChI=1S/C14H15N3O2S/c1-10-9-19-12-5-3-2-4-11(12)8-17(10)14(18)16-13-6-7-15-20-13/h2-7,10H,8-9H2,1H3,(H,16,18). The number of benzene rings is 1. The predicted octanol–water partition coefficient (Wildman–Crippen LogP) is 2.96. The van der Waals surface area contributed by atoms with Gasteiger partial charge in [-0.1, -0.05) is 18.2 Å². The van der Waals surface area contributed by atoms with E-state index in [1.165, 1.54) is 11.5 Å². The van der Waals surface area contributed by atoms with Gasteiger partial charge in [0.25, 0.3) is 0 Å². The van der Waals surface area contributed by atoms with Gasteiger partial charge in [-0.25, -0.2) is 4.79 Å². The summed E-state index contributed by atoms with van der Waals surface area (Å²) in [5.41, 5.74) is 1.02. The molecule has 3 rings (SSSR count). The number of carbonyl (C=O) groups is 1. The number of rotatable bonds is 1. The molecule has 2 heterocycles. The van der Waals surface area contributed by atoms with Gasteiger partial charge in [-0.3, -0.25) is 5.32 Å². The molecule has 0 bridgehead atoms. The first-order chi connectivity index (χ1) is 9.74. The molecule has 1 aliphatic heterocycles. The molecule has 1 N–H and O–H groups in total. The van der Waals surface area contributed by atoms with Crippen molar-refractivity contribution in [2.75, 3.05) is 11.9 Å². The van der Waals surface area contributed by atoms with Gasteiger partial charge >= 0.3 is 6.03 Å². The van der Waals surface area contributed by atoms with Gasteiger partial charge in [-0.15, -0.1) is 0 Å². The minimum atomic E-state index is -0.123. The average molecular weight is 289 g/mol. The first-order valence-electron chi connectivity index (χ1n) is 6.43. The lowest BCUT2D eigenvalue weighted by molar-refractivity contribution is 0.168. The summed E-state index contributed by atoms with van der Waals surface area (Å²) in [6.07, 6.45) is 1.67. The maximum Gasteiger partial charge on any atom is 0.323 e. The number of urea groups is 1. The molecule has 0 saturated heterocycles. The molecule has 6 heteroatoms. The van der Waals surface area contributed by atoms with Gasteiger partial charge in [0, 0.05) is 11.8 Å². The molecule has 0 radical (unpaired) electrons. The second-order valence-corrected chi connectivity index (χ2v) is 5.54. The fourth-order valence-corrected chi connectivity index (χ4v) is 2.63. The first-order valence-corrected chi connectivity index (χ1v) is 7.20. The number of carbonyl (C=O) groups excluding carboxylic acids is 1. The van der Waals surface area contributed by atoms with Crippen molar-refractivity contribution in [1.82, 2.24) is 9.27 Å². The zero-order valence-electron chi connectivity index (χ0n) is 11.1. The van der Waals surface area contributed by atoms with Gasteiger partial charge in [0.05, 0.1) is 12.6 Å². The van der Waals surface area contributed by atoms with Crippen molar-refractivity contribution in [2.45, 2.75) is 19.5 Å². The van der Waals surface area contributed by atoms with E-state index in [2.05, 4.69) is 9.69 Å². The van der Waals surface area contributed by atoms with E-state index in [-0.39, 0.29) is 12.1 Å². The van der Waals surface area contributed by atoms with Crippen molar-refractivity contribution in [1.29, 1.82) is 0 Å². The summed E-state index contributed by atoms with van der Waals surface area (Å²) in [7, 11) is 0. The number of fused-ring (bicyclic) bond motifs is 1. The maximum absolute atomic E-state index is 12.4. The molecule has 1 aromatic heterocycles. The molecule has 1 aliphatic rings. The van der Waals surface area contributed by atoms with Crippen molar-refractivity contribution >= 4 is 22.6 Å². The molecule has 5 nitrogen and oxygen atoms in total. The topological polar surface area (TPSA) is 54.5 Å². The molecular formula is C14H15N3O2S. The van der Waals surface area contributed by atoms with Gasteiger partial charge in [-0.2, -0.15) is 4.37 Å². The molecular weight excluding hydrogens is 274 g/mol. The SMILES string of the molecule is CC1COc2ccccc2CN1C(=O)Nc1ccns1. The van der Waals surface area contributed by atoms with Crippen LogP contribution in [-0.4, -0.2) is 28.0 Å². The van der Waals surface area contributed by atoms with Crippen LogP contribution in [0.3, 0.4) is 0 Å². The lowest BCUT2D eigenvalue weighted by Gasteiger charge is -2.26. The van der Waals surface area contributed by atoms with E-state index >= 15 is 0 Å². The molecule has 104 valence electrons. The van der Waals surface area contributed by atoms with Crippen molar-refractivity contribution < 1.29 is 9.53 Å². The summed E-state index contributed by atoms with van der Waals surface area (Å²) in [5.74, 6) is 0.854. The minimum absolute atomic E-state index is 0.00956. The zero-order chi connectivity index (χ0) is 13.9. The van der Waals surface area contributed by atoms with Gasteiger partial charge < -0.3 is 9.64 Å². The molecule has 0 aliphatic carbocycles. The van der Waals surface area contributed by atoms with E-state index in [9.17, 15) is 4.79 Å². The highest BCUT2D eigenvalue weighted by Gasteiger charge is 2.25. The number of anilines is 1. The number of aromatic nitrogens is 1. The van der Waals surface area contributed by atoms with E-state index in [0.717, 1.165) is 16.3 Å². The Morgan fingerprint density at radius 1 is 1.45 bits per heavy atom. The highest BCUT2D eigenvalue weighted by molar-refractivity contribution is 7.10. The van der Waals surface area contributed by atoms with Crippen LogP contribution in [-0.2, 0) is 6.54 Å². The number of ether oxygens (including phenoxy) is 1. The van der Waals surface area contributed by atoms with E-state index < -0.39 is 0 Å². The van der Waals surface area contributed by atoms with Gasteiger partial charge in [0.15, 0.2) is 0 Å². The summed E-state index contributed by atoms with van der Waals surface area (Å²) < 4.78 is 9.72. The third-order valence-corrected chi connectivity index (χ3v) is 3.92. The van der Waals surface area contributed by atoms with Crippen LogP contribution in [0.1, 0.15) is 12.5 Å². The zero-order valence-corrected chi connectivity index (χ0v) is 11.9. The number of para-hydroxylation sites is 1. The number of hydrogen-bond acceptors (Lipinski definition) is 4. The quantitative estimate of drug-likeness (QED) is 0.878. The largest absolute Gasteiger partial charge is 0.491 e. The highest BCUT2D eigenvalue weighted by Crippen LogP contribution is 2.25. The fraction of sp³-hybridized carbons (Fsp3) is 0.286. The molecule has 2 aromatic rings. The molecule has 0 fully saturated rings. The second kappa shape index (κ2) is 5.50. The lowest BCUT2D eigenvalue weighted by atomic mass is 10.2. The lowest BCUT2D eigenvalue weighted by Crippen LogP contribution is -2.42. The Hall–Kier alpha value is -2.08. The van der Waals surface area contributed by atoms with Gasteiger partial charge in [-0.05, 0) is 30.6 Å². The molecule has 20 heavy (non-hydrogen) atoms. The Bertz CT molecular complexity index is 600. The van der Waals surface area contributed by atoms with Crippen LogP contribution in [0.5, 0.6) is 5.75 Å². The Kier molecular flexibility index (Phi) is 3.56. The highest BCUT2D eigenvalue weighted by atomic mass is 32.1. The summed E-state index contributed by atoms with van der Waals surface area (Å²) in [6, 6.07) is 9.49. The third-order valence-electron chi connectivity index (χ3n) is 3.25. The number of amides is 2. The molecule has 0 spiro atoms. The van der Waals surface area contributed by atoms with E-state index in [4.69, 9.17) is 4.74 Å². The Labute approximate surface area is 121 Å². The van der Waals surface area contributed by atoms with Gasteiger partial charge in [0.1, 0.15) is 17.4 Å². The first kappa shape index (κ1) is 12.9. The Balaban J connectivity index is 1.79. The molecule has 1 unspecified atom stereocenters. The number of hydrogen-bond donors (Lipinski definition) is 1. The Morgan fingerprint density at radius 3 is 3.10 bits per heavy atom. The van der Waals surface area contributed by atoms with Crippen molar-refractivity contribution in [2.24, 2.45) is 0 Å².